The summed E-state index contributed by atoms with van der Waals surface area (Å²) in [5, 5.41) is 13.4. The number of para-hydroxylation sites is 1. The number of pyridine rings is 1. The Balaban J connectivity index is 1.25. The lowest BCUT2D eigenvalue weighted by atomic mass is 9.88. The minimum Gasteiger partial charge on any atom is -0.491 e. The zero-order valence-corrected chi connectivity index (χ0v) is 21.5. The van der Waals surface area contributed by atoms with E-state index in [9.17, 15) is 14.7 Å². The number of aryl methyl sites for hydroxylation is 2. The molecule has 0 radical (unpaired) electrons. The fourth-order valence-electron chi connectivity index (χ4n) is 5.35. The van der Waals surface area contributed by atoms with Crippen molar-refractivity contribution in [3.05, 3.63) is 53.2 Å². The number of aromatic nitrogens is 1. The topological polar surface area (TPSA) is 91.8 Å². The molecule has 0 spiro atoms. The SMILES string of the molecule is CC(C)Oc1ccccc1C(C(=O)O)N1CCC(C(=O)CCCCc2ccc3c(n2)NCCC3)CC1. The zero-order chi connectivity index (χ0) is 25.5. The van der Waals surface area contributed by atoms with Crippen LogP contribution in [-0.4, -0.2) is 52.5 Å². The molecule has 0 bridgehead atoms. The number of hydrogen-bond acceptors (Lipinski definition) is 6. The number of piperidine rings is 1. The Hall–Kier alpha value is -2.93. The molecule has 7 nitrogen and oxygen atoms in total. The van der Waals surface area contributed by atoms with Crippen LogP contribution in [0.2, 0.25) is 0 Å². The molecule has 1 unspecified atom stereocenters. The summed E-state index contributed by atoms with van der Waals surface area (Å²) in [5.41, 5.74) is 3.06. The normalized spacial score (nSPS) is 17.3. The number of nitrogens with zero attached hydrogens (tertiary/aromatic N) is 2. The fraction of sp³-hybridized carbons (Fsp3) is 0.552. The second-order valence-corrected chi connectivity index (χ2v) is 10.3. The molecular weight excluding hydrogens is 454 g/mol. The number of likely N-dealkylation sites (tertiary alicyclic amines) is 1. The van der Waals surface area contributed by atoms with E-state index >= 15 is 0 Å². The summed E-state index contributed by atoms with van der Waals surface area (Å²) < 4.78 is 5.89. The maximum Gasteiger partial charge on any atom is 0.325 e. The number of ketones is 1. The van der Waals surface area contributed by atoms with Crippen molar-refractivity contribution in [1.82, 2.24) is 9.88 Å². The predicted octanol–water partition coefficient (Wildman–Crippen LogP) is 5.05. The number of carbonyl (C=O) groups is 2. The molecule has 0 saturated carbocycles. The molecule has 1 fully saturated rings. The third-order valence-corrected chi connectivity index (χ3v) is 7.22. The number of nitrogens with one attached hydrogen (secondary N) is 1. The molecule has 0 aliphatic carbocycles. The number of carbonyl (C=O) groups excluding carboxylic acids is 1. The minimum atomic E-state index is -0.884. The Morgan fingerprint density at radius 3 is 2.67 bits per heavy atom. The smallest absolute Gasteiger partial charge is 0.325 e. The lowest BCUT2D eigenvalue weighted by Crippen LogP contribution is -2.41. The van der Waals surface area contributed by atoms with Gasteiger partial charge in [-0.2, -0.15) is 0 Å². The summed E-state index contributed by atoms with van der Waals surface area (Å²) in [6.45, 7) is 6.04. The highest BCUT2D eigenvalue weighted by Gasteiger charge is 2.34. The van der Waals surface area contributed by atoms with Crippen LogP contribution in [0.15, 0.2) is 36.4 Å². The monoisotopic (exact) mass is 493 g/mol. The average Bonchev–Trinajstić information content (AvgIpc) is 2.87. The first-order chi connectivity index (χ1) is 17.4. The maximum atomic E-state index is 12.9. The van der Waals surface area contributed by atoms with E-state index in [4.69, 9.17) is 9.72 Å². The molecule has 0 amide bonds. The van der Waals surface area contributed by atoms with Crippen LogP contribution in [0.3, 0.4) is 0 Å². The highest BCUT2D eigenvalue weighted by molar-refractivity contribution is 5.81. The number of aliphatic carboxylic acids is 1. The van der Waals surface area contributed by atoms with Crippen LogP contribution in [0, 0.1) is 5.92 Å². The van der Waals surface area contributed by atoms with Crippen LogP contribution < -0.4 is 10.1 Å². The minimum absolute atomic E-state index is 0.0175. The molecule has 36 heavy (non-hydrogen) atoms. The number of carboxylic acid groups (broad SMARTS) is 1. The molecule has 3 heterocycles. The van der Waals surface area contributed by atoms with Gasteiger partial charge in [0.05, 0.1) is 6.10 Å². The van der Waals surface area contributed by atoms with Gasteiger partial charge in [-0.25, -0.2) is 4.98 Å². The zero-order valence-electron chi connectivity index (χ0n) is 21.5. The molecule has 1 atom stereocenters. The molecule has 2 aliphatic rings. The van der Waals surface area contributed by atoms with E-state index in [2.05, 4.69) is 17.4 Å². The number of benzene rings is 1. The van der Waals surface area contributed by atoms with Crippen molar-refractivity contribution in [2.24, 2.45) is 5.92 Å². The fourth-order valence-corrected chi connectivity index (χ4v) is 5.35. The number of fused-ring (bicyclic) bond motifs is 1. The summed E-state index contributed by atoms with van der Waals surface area (Å²) in [5.74, 6) is 1.08. The Bertz CT molecular complexity index is 1050. The lowest BCUT2D eigenvalue weighted by Gasteiger charge is -2.36. The molecule has 7 heteroatoms. The molecule has 4 rings (SSSR count). The van der Waals surface area contributed by atoms with Gasteiger partial charge in [0.15, 0.2) is 0 Å². The Morgan fingerprint density at radius 2 is 1.92 bits per heavy atom. The van der Waals surface area contributed by atoms with Gasteiger partial charge >= 0.3 is 5.97 Å². The number of Topliss-reactive ketones (excluding diaryl/α,β-unsaturated/α-hetero) is 1. The van der Waals surface area contributed by atoms with Gasteiger partial charge in [-0.15, -0.1) is 0 Å². The van der Waals surface area contributed by atoms with Crippen molar-refractivity contribution in [3.8, 4) is 5.75 Å². The van der Waals surface area contributed by atoms with Crippen molar-refractivity contribution in [1.29, 1.82) is 0 Å². The van der Waals surface area contributed by atoms with Crippen LogP contribution in [0.1, 0.15) is 75.2 Å². The summed E-state index contributed by atoms with van der Waals surface area (Å²) in [4.78, 5) is 31.9. The summed E-state index contributed by atoms with van der Waals surface area (Å²) in [6.07, 6.45) is 6.90. The highest BCUT2D eigenvalue weighted by Crippen LogP contribution is 2.34. The summed E-state index contributed by atoms with van der Waals surface area (Å²) in [7, 11) is 0. The standard InChI is InChI=1S/C29H39N3O4/c1-20(2)36-26-12-6-4-10-24(26)27(29(34)35)32-18-15-21(16-19-32)25(33)11-5-3-9-23-14-13-22-8-7-17-30-28(22)31-23/h4,6,10,12-14,20-21,27H,3,5,7-9,11,15-19H2,1-2H3,(H,30,31)(H,34,35). The first-order valence-electron chi connectivity index (χ1n) is 13.4. The number of ether oxygens (including phenoxy) is 1. The van der Waals surface area contributed by atoms with Crippen molar-refractivity contribution >= 4 is 17.6 Å². The predicted molar refractivity (Wildman–Crippen MR) is 140 cm³/mol. The largest absolute Gasteiger partial charge is 0.491 e. The third kappa shape index (κ3) is 6.64. The van der Waals surface area contributed by atoms with E-state index in [1.807, 2.05) is 43.0 Å². The quantitative estimate of drug-likeness (QED) is 0.423. The van der Waals surface area contributed by atoms with Gasteiger partial charge in [0.25, 0.3) is 0 Å². The Labute approximate surface area is 214 Å². The Morgan fingerprint density at radius 1 is 1.14 bits per heavy atom. The van der Waals surface area contributed by atoms with Crippen LogP contribution in [0.4, 0.5) is 5.82 Å². The molecule has 194 valence electrons. The van der Waals surface area contributed by atoms with E-state index < -0.39 is 12.0 Å². The van der Waals surface area contributed by atoms with Crippen LogP contribution in [0.25, 0.3) is 0 Å². The third-order valence-electron chi connectivity index (χ3n) is 7.22. The van der Waals surface area contributed by atoms with E-state index in [1.54, 1.807) is 0 Å². The first kappa shape index (κ1) is 26.1. The average molecular weight is 494 g/mol. The van der Waals surface area contributed by atoms with E-state index in [0.29, 0.717) is 49.4 Å². The van der Waals surface area contributed by atoms with Gasteiger partial charge in [-0.3, -0.25) is 14.5 Å². The molecule has 1 saturated heterocycles. The van der Waals surface area contributed by atoms with Crippen molar-refractivity contribution in [2.75, 3.05) is 25.0 Å². The number of rotatable bonds is 11. The Kier molecular flexibility index (Phi) is 8.97. The van der Waals surface area contributed by atoms with E-state index in [1.165, 1.54) is 5.56 Å². The van der Waals surface area contributed by atoms with Crippen LogP contribution in [0.5, 0.6) is 5.75 Å². The molecule has 1 aromatic heterocycles. The second-order valence-electron chi connectivity index (χ2n) is 10.3. The summed E-state index contributed by atoms with van der Waals surface area (Å²) >= 11 is 0. The molecular formula is C29H39N3O4. The van der Waals surface area contributed by atoms with Crippen LogP contribution >= 0.6 is 0 Å². The van der Waals surface area contributed by atoms with Gasteiger partial charge in [-0.05, 0) is 89.6 Å². The van der Waals surface area contributed by atoms with Crippen molar-refractivity contribution < 1.29 is 19.4 Å². The second kappa shape index (κ2) is 12.3. The highest BCUT2D eigenvalue weighted by atomic mass is 16.5. The number of unbranched alkanes of at least 4 members (excludes halogenated alkanes) is 1. The van der Waals surface area contributed by atoms with Gasteiger partial charge in [-0.1, -0.05) is 24.3 Å². The molecule has 2 N–H and O–H groups in total. The van der Waals surface area contributed by atoms with Gasteiger partial charge < -0.3 is 15.2 Å². The van der Waals surface area contributed by atoms with Crippen molar-refractivity contribution in [2.45, 2.75) is 77.4 Å². The van der Waals surface area contributed by atoms with Gasteiger partial charge in [0.2, 0.25) is 0 Å². The lowest BCUT2D eigenvalue weighted by molar-refractivity contribution is -0.144. The van der Waals surface area contributed by atoms with Gasteiger partial charge in [0.1, 0.15) is 23.4 Å². The van der Waals surface area contributed by atoms with Gasteiger partial charge in [0, 0.05) is 30.1 Å². The molecule has 1 aromatic carbocycles. The number of anilines is 1. The summed E-state index contributed by atoms with van der Waals surface area (Å²) in [6, 6.07) is 10.9. The van der Waals surface area contributed by atoms with Crippen LogP contribution in [-0.2, 0) is 22.4 Å². The molecule has 2 aliphatic heterocycles. The number of carboxylic acids is 1. The molecule has 2 aromatic rings. The van der Waals surface area contributed by atoms with E-state index in [0.717, 1.165) is 50.2 Å². The van der Waals surface area contributed by atoms with E-state index in [-0.39, 0.29) is 12.0 Å². The first-order valence-corrected chi connectivity index (χ1v) is 13.4. The van der Waals surface area contributed by atoms with Crippen molar-refractivity contribution in [3.63, 3.8) is 0 Å². The number of hydrogen-bond donors (Lipinski definition) is 2. The maximum absolute atomic E-state index is 12.9.